The van der Waals surface area contributed by atoms with Crippen molar-refractivity contribution in [1.82, 2.24) is 4.98 Å². The van der Waals surface area contributed by atoms with Crippen LogP contribution >= 0.6 is 22.9 Å². The monoisotopic (exact) mass is 394 g/mol. The number of amides is 1. The molecule has 8 heteroatoms. The first-order valence-electron chi connectivity index (χ1n) is 7.57. The van der Waals surface area contributed by atoms with Gasteiger partial charge in [-0.1, -0.05) is 17.7 Å². The van der Waals surface area contributed by atoms with E-state index in [4.69, 9.17) is 16.3 Å². The van der Waals surface area contributed by atoms with E-state index in [0.717, 1.165) is 12.1 Å². The van der Waals surface area contributed by atoms with Crippen LogP contribution in [-0.4, -0.2) is 10.9 Å². The number of rotatable bonds is 6. The first kappa shape index (κ1) is 18.3. The topological polar surface area (TPSA) is 51.2 Å². The first-order valence-corrected chi connectivity index (χ1v) is 8.82. The van der Waals surface area contributed by atoms with E-state index in [1.807, 2.05) is 0 Å². The van der Waals surface area contributed by atoms with Gasteiger partial charge in [-0.2, -0.15) is 0 Å². The fourth-order valence-corrected chi connectivity index (χ4v) is 2.97. The van der Waals surface area contributed by atoms with Crippen molar-refractivity contribution in [3.63, 3.8) is 0 Å². The highest BCUT2D eigenvalue weighted by Crippen LogP contribution is 2.20. The highest BCUT2D eigenvalue weighted by atomic mass is 35.5. The van der Waals surface area contributed by atoms with Gasteiger partial charge in [0.1, 0.15) is 34.7 Å². The number of aromatic nitrogens is 1. The summed E-state index contributed by atoms with van der Waals surface area (Å²) in [5.74, 6) is -1.55. The highest BCUT2D eigenvalue weighted by molar-refractivity contribution is 7.09. The van der Waals surface area contributed by atoms with Crippen molar-refractivity contribution in [2.45, 2.75) is 13.0 Å². The van der Waals surface area contributed by atoms with E-state index in [-0.39, 0.29) is 13.0 Å². The summed E-state index contributed by atoms with van der Waals surface area (Å²) in [5, 5.41) is 5.23. The predicted octanol–water partition coefficient (Wildman–Crippen LogP) is 4.83. The normalized spacial score (nSPS) is 10.6. The second kappa shape index (κ2) is 8.25. The van der Waals surface area contributed by atoms with E-state index in [1.165, 1.54) is 17.4 Å². The van der Waals surface area contributed by atoms with Crippen LogP contribution in [0.3, 0.4) is 0 Å². The number of hydrogen-bond donors (Lipinski definition) is 1. The van der Waals surface area contributed by atoms with Crippen molar-refractivity contribution in [2.24, 2.45) is 0 Å². The summed E-state index contributed by atoms with van der Waals surface area (Å²) in [4.78, 5) is 16.3. The first-order chi connectivity index (χ1) is 12.5. The van der Waals surface area contributed by atoms with Gasteiger partial charge in [0.2, 0.25) is 5.91 Å². The van der Waals surface area contributed by atoms with Crippen molar-refractivity contribution in [3.05, 3.63) is 75.2 Å². The van der Waals surface area contributed by atoms with Crippen LogP contribution in [0.1, 0.15) is 10.7 Å². The molecule has 1 aromatic heterocycles. The molecule has 2 aromatic carbocycles. The Morgan fingerprint density at radius 3 is 2.54 bits per heavy atom. The molecule has 3 rings (SSSR count). The van der Waals surface area contributed by atoms with Gasteiger partial charge in [-0.25, -0.2) is 13.8 Å². The predicted molar refractivity (Wildman–Crippen MR) is 96.6 cm³/mol. The average molecular weight is 395 g/mol. The number of nitrogens with one attached hydrogen (secondary N) is 1. The molecule has 0 saturated carbocycles. The zero-order valence-electron chi connectivity index (χ0n) is 13.3. The molecule has 1 N–H and O–H groups in total. The number of para-hydroxylation sites is 1. The maximum Gasteiger partial charge on any atom is 0.230 e. The number of carbonyl (C=O) groups excluding carboxylic acids is 1. The SMILES string of the molecule is O=C(Cc1csc(COc2ccc(Cl)cc2)n1)Nc1c(F)cccc1F. The molecule has 134 valence electrons. The Morgan fingerprint density at radius 2 is 1.85 bits per heavy atom. The molecule has 0 spiro atoms. The summed E-state index contributed by atoms with van der Waals surface area (Å²) >= 11 is 7.14. The Balaban J connectivity index is 1.56. The minimum absolute atomic E-state index is 0.0920. The van der Waals surface area contributed by atoms with E-state index in [1.54, 1.807) is 29.6 Å². The van der Waals surface area contributed by atoms with Gasteiger partial charge in [0, 0.05) is 10.4 Å². The summed E-state index contributed by atoms with van der Waals surface area (Å²) in [5.41, 5.74) is 0.0398. The van der Waals surface area contributed by atoms with Crippen LogP contribution < -0.4 is 10.1 Å². The number of carbonyl (C=O) groups is 1. The Bertz CT molecular complexity index is 896. The fourth-order valence-electron chi connectivity index (χ4n) is 2.14. The maximum atomic E-state index is 13.5. The lowest BCUT2D eigenvalue weighted by Crippen LogP contribution is -2.16. The molecule has 1 heterocycles. The number of halogens is 3. The smallest absolute Gasteiger partial charge is 0.230 e. The number of thiazole rings is 1. The van der Waals surface area contributed by atoms with Gasteiger partial charge in [-0.3, -0.25) is 4.79 Å². The van der Waals surface area contributed by atoms with Gasteiger partial charge in [0.25, 0.3) is 0 Å². The molecule has 0 bridgehead atoms. The molecular weight excluding hydrogens is 382 g/mol. The van der Waals surface area contributed by atoms with E-state index in [9.17, 15) is 13.6 Å². The van der Waals surface area contributed by atoms with Gasteiger partial charge in [-0.15, -0.1) is 11.3 Å². The van der Waals surface area contributed by atoms with Crippen LogP contribution in [0.4, 0.5) is 14.5 Å². The van der Waals surface area contributed by atoms with E-state index < -0.39 is 23.2 Å². The van der Waals surface area contributed by atoms with Crippen molar-refractivity contribution in [2.75, 3.05) is 5.32 Å². The molecule has 0 aliphatic heterocycles. The molecule has 0 aliphatic carbocycles. The third-order valence-corrected chi connectivity index (χ3v) is 4.47. The van der Waals surface area contributed by atoms with Crippen LogP contribution in [0, 0.1) is 11.6 Å². The molecule has 0 saturated heterocycles. The van der Waals surface area contributed by atoms with E-state index in [2.05, 4.69) is 10.3 Å². The summed E-state index contributed by atoms with van der Waals surface area (Å²) < 4.78 is 32.7. The molecule has 0 fully saturated rings. The Kier molecular flexibility index (Phi) is 5.80. The molecule has 1 amide bonds. The number of hydrogen-bond acceptors (Lipinski definition) is 4. The van der Waals surface area contributed by atoms with Crippen molar-refractivity contribution in [3.8, 4) is 5.75 Å². The van der Waals surface area contributed by atoms with Crippen LogP contribution in [0.15, 0.2) is 47.8 Å². The molecule has 4 nitrogen and oxygen atoms in total. The Hall–Kier alpha value is -2.51. The minimum Gasteiger partial charge on any atom is -0.486 e. The standard InChI is InChI=1S/C18H13ClF2N2O2S/c19-11-4-6-13(7-5-11)25-9-17-22-12(10-26-17)8-16(24)23-18-14(20)2-1-3-15(18)21/h1-7,10H,8-9H2,(H,23,24). The molecular formula is C18H13ClF2N2O2S. The van der Waals surface area contributed by atoms with Crippen LogP contribution in [0.5, 0.6) is 5.75 Å². The number of ether oxygens (including phenoxy) is 1. The largest absolute Gasteiger partial charge is 0.486 e. The summed E-state index contributed by atoms with van der Waals surface area (Å²) in [6, 6.07) is 10.3. The Labute approximate surface area is 157 Å². The zero-order chi connectivity index (χ0) is 18.5. The van der Waals surface area contributed by atoms with Crippen LogP contribution in [-0.2, 0) is 17.8 Å². The Morgan fingerprint density at radius 1 is 1.15 bits per heavy atom. The molecule has 0 aliphatic rings. The molecule has 0 radical (unpaired) electrons. The minimum atomic E-state index is -0.825. The van der Waals surface area contributed by atoms with Crippen LogP contribution in [0.25, 0.3) is 0 Å². The average Bonchev–Trinajstić information content (AvgIpc) is 3.05. The lowest BCUT2D eigenvalue weighted by Gasteiger charge is -2.06. The number of benzene rings is 2. The van der Waals surface area contributed by atoms with Gasteiger partial charge in [-0.05, 0) is 36.4 Å². The summed E-state index contributed by atoms with van der Waals surface area (Å²) in [6.07, 6.45) is -0.0920. The van der Waals surface area contributed by atoms with Crippen LogP contribution in [0.2, 0.25) is 5.02 Å². The molecule has 3 aromatic rings. The van der Waals surface area contributed by atoms with E-state index >= 15 is 0 Å². The van der Waals surface area contributed by atoms with E-state index in [0.29, 0.717) is 21.5 Å². The molecule has 26 heavy (non-hydrogen) atoms. The maximum absolute atomic E-state index is 13.5. The second-order valence-corrected chi connectivity index (χ2v) is 6.68. The third kappa shape index (κ3) is 4.77. The quantitative estimate of drug-likeness (QED) is 0.651. The van der Waals surface area contributed by atoms with Gasteiger partial charge >= 0.3 is 0 Å². The van der Waals surface area contributed by atoms with Crippen molar-refractivity contribution in [1.29, 1.82) is 0 Å². The molecule has 0 atom stereocenters. The lowest BCUT2D eigenvalue weighted by atomic mass is 10.2. The lowest BCUT2D eigenvalue weighted by molar-refractivity contribution is -0.115. The fraction of sp³-hybridized carbons (Fsp3) is 0.111. The highest BCUT2D eigenvalue weighted by Gasteiger charge is 2.14. The third-order valence-electron chi connectivity index (χ3n) is 3.34. The van der Waals surface area contributed by atoms with Gasteiger partial charge in [0.15, 0.2) is 0 Å². The summed E-state index contributed by atoms with van der Waals surface area (Å²) in [7, 11) is 0. The number of nitrogens with zero attached hydrogens (tertiary/aromatic N) is 1. The van der Waals surface area contributed by atoms with Crippen molar-refractivity contribution >= 4 is 34.5 Å². The number of anilines is 1. The van der Waals surface area contributed by atoms with Gasteiger partial charge < -0.3 is 10.1 Å². The van der Waals surface area contributed by atoms with Crippen molar-refractivity contribution < 1.29 is 18.3 Å². The summed E-state index contributed by atoms with van der Waals surface area (Å²) in [6.45, 7) is 0.246. The molecule has 0 unspecified atom stereocenters. The second-order valence-electron chi connectivity index (χ2n) is 5.30. The zero-order valence-corrected chi connectivity index (χ0v) is 14.9. The van der Waals surface area contributed by atoms with Gasteiger partial charge in [0.05, 0.1) is 12.1 Å².